The van der Waals surface area contributed by atoms with E-state index in [2.05, 4.69) is 5.32 Å². The molecule has 0 aromatic heterocycles. The van der Waals surface area contributed by atoms with Crippen molar-refractivity contribution in [1.29, 1.82) is 0 Å². The Morgan fingerprint density at radius 1 is 1.14 bits per heavy atom. The quantitative estimate of drug-likeness (QED) is 0.892. The van der Waals surface area contributed by atoms with Gasteiger partial charge in [-0.2, -0.15) is 0 Å². The Morgan fingerprint density at radius 2 is 1.77 bits per heavy atom. The summed E-state index contributed by atoms with van der Waals surface area (Å²) in [7, 11) is 1.54. The fourth-order valence-corrected chi connectivity index (χ4v) is 2.00. The maximum atomic E-state index is 12.9. The van der Waals surface area contributed by atoms with Gasteiger partial charge in [-0.25, -0.2) is 4.39 Å². The summed E-state index contributed by atoms with van der Waals surface area (Å²) < 4.78 is 23.5. The van der Waals surface area contributed by atoms with Crippen LogP contribution >= 0.6 is 0 Å². The lowest BCUT2D eigenvalue weighted by molar-refractivity contribution is -0.123. The second kappa shape index (κ2) is 7.45. The normalized spacial score (nSPS) is 11.6. The van der Waals surface area contributed by atoms with E-state index in [1.165, 1.54) is 12.1 Å². The highest BCUT2D eigenvalue weighted by atomic mass is 19.1. The van der Waals surface area contributed by atoms with Crippen LogP contribution in [0.5, 0.6) is 11.5 Å². The van der Waals surface area contributed by atoms with E-state index in [0.717, 1.165) is 5.56 Å². The molecule has 2 aromatic carbocycles. The molecular weight excluding hydrogens is 285 g/mol. The minimum atomic E-state index is -0.304. The summed E-state index contributed by atoms with van der Waals surface area (Å²) in [6, 6.07) is 12.9. The highest BCUT2D eigenvalue weighted by Gasteiger charge is 2.11. The Hall–Kier alpha value is -2.56. The highest BCUT2D eigenvalue weighted by molar-refractivity contribution is 5.78. The molecule has 22 heavy (non-hydrogen) atoms. The van der Waals surface area contributed by atoms with Gasteiger partial charge in [0.1, 0.15) is 5.82 Å². The molecule has 0 heterocycles. The summed E-state index contributed by atoms with van der Waals surface area (Å²) >= 11 is 0. The van der Waals surface area contributed by atoms with Crippen molar-refractivity contribution in [2.75, 3.05) is 13.7 Å². The van der Waals surface area contributed by atoms with Gasteiger partial charge >= 0.3 is 0 Å². The molecule has 0 fully saturated rings. The van der Waals surface area contributed by atoms with Gasteiger partial charge in [-0.05, 0) is 36.8 Å². The minimum absolute atomic E-state index is 0.119. The van der Waals surface area contributed by atoms with Crippen molar-refractivity contribution in [3.05, 3.63) is 59.9 Å². The Kier molecular flexibility index (Phi) is 5.36. The van der Waals surface area contributed by atoms with E-state index < -0.39 is 0 Å². The van der Waals surface area contributed by atoms with E-state index >= 15 is 0 Å². The molecule has 0 saturated heterocycles. The number of halogens is 1. The smallest absolute Gasteiger partial charge is 0.258 e. The second-order valence-electron chi connectivity index (χ2n) is 4.78. The molecule has 1 unspecified atom stereocenters. The number of ether oxygens (including phenoxy) is 2. The Labute approximate surface area is 128 Å². The molecule has 2 rings (SSSR count). The molecular formula is C17H18FNO3. The van der Waals surface area contributed by atoms with Crippen molar-refractivity contribution in [3.8, 4) is 11.5 Å². The van der Waals surface area contributed by atoms with Crippen molar-refractivity contribution < 1.29 is 18.7 Å². The zero-order chi connectivity index (χ0) is 15.9. The molecule has 0 saturated carbocycles. The van der Waals surface area contributed by atoms with Crippen LogP contribution in [0.3, 0.4) is 0 Å². The molecule has 1 N–H and O–H groups in total. The number of nitrogens with one attached hydrogen (secondary N) is 1. The van der Waals surface area contributed by atoms with Crippen molar-refractivity contribution in [1.82, 2.24) is 5.32 Å². The lowest BCUT2D eigenvalue weighted by atomic mass is 10.1. The predicted octanol–water partition coefficient (Wildman–Crippen LogP) is 3.09. The lowest BCUT2D eigenvalue weighted by Gasteiger charge is -2.15. The summed E-state index contributed by atoms with van der Waals surface area (Å²) in [6.45, 7) is 1.71. The van der Waals surface area contributed by atoms with Crippen LogP contribution in [0, 0.1) is 5.82 Å². The van der Waals surface area contributed by atoms with Gasteiger partial charge in [0.2, 0.25) is 0 Å². The van der Waals surface area contributed by atoms with Crippen LogP contribution in [0.4, 0.5) is 4.39 Å². The first-order chi connectivity index (χ1) is 10.6. The van der Waals surface area contributed by atoms with Gasteiger partial charge in [0.15, 0.2) is 18.1 Å². The molecule has 5 heteroatoms. The topological polar surface area (TPSA) is 47.6 Å². The Morgan fingerprint density at radius 3 is 2.41 bits per heavy atom. The van der Waals surface area contributed by atoms with E-state index in [4.69, 9.17) is 9.47 Å². The third-order valence-electron chi connectivity index (χ3n) is 3.18. The second-order valence-corrected chi connectivity index (χ2v) is 4.78. The van der Waals surface area contributed by atoms with Gasteiger partial charge in [-0.15, -0.1) is 0 Å². The zero-order valence-corrected chi connectivity index (χ0v) is 12.5. The molecule has 0 radical (unpaired) electrons. The van der Waals surface area contributed by atoms with Gasteiger partial charge in [0.25, 0.3) is 5.91 Å². The van der Waals surface area contributed by atoms with Crippen LogP contribution in [0.1, 0.15) is 18.5 Å². The first kappa shape index (κ1) is 15.8. The van der Waals surface area contributed by atoms with Crippen LogP contribution in [-0.2, 0) is 4.79 Å². The van der Waals surface area contributed by atoms with Crippen LogP contribution in [0.15, 0.2) is 48.5 Å². The molecule has 0 aliphatic carbocycles. The van der Waals surface area contributed by atoms with Crippen molar-refractivity contribution in [3.63, 3.8) is 0 Å². The third-order valence-corrected chi connectivity index (χ3v) is 3.18. The maximum absolute atomic E-state index is 12.9. The van der Waals surface area contributed by atoms with E-state index in [0.29, 0.717) is 11.5 Å². The van der Waals surface area contributed by atoms with E-state index in [9.17, 15) is 9.18 Å². The summed E-state index contributed by atoms with van der Waals surface area (Å²) in [5, 5.41) is 2.80. The molecule has 2 aromatic rings. The zero-order valence-electron chi connectivity index (χ0n) is 12.5. The molecule has 1 atom stereocenters. The number of rotatable bonds is 6. The summed E-state index contributed by atoms with van der Waals surface area (Å²) in [5.41, 5.74) is 0.826. The van der Waals surface area contributed by atoms with Crippen LogP contribution < -0.4 is 14.8 Å². The summed E-state index contributed by atoms with van der Waals surface area (Å²) in [6.07, 6.45) is 0. The predicted molar refractivity (Wildman–Crippen MR) is 81.4 cm³/mol. The van der Waals surface area contributed by atoms with Gasteiger partial charge in [0, 0.05) is 0 Å². The van der Waals surface area contributed by atoms with Gasteiger partial charge in [0.05, 0.1) is 13.2 Å². The molecule has 1 amide bonds. The minimum Gasteiger partial charge on any atom is -0.493 e. The van der Waals surface area contributed by atoms with Gasteiger partial charge < -0.3 is 14.8 Å². The SMILES string of the molecule is COc1ccccc1OCC(=O)NC(C)c1ccc(F)cc1. The summed E-state index contributed by atoms with van der Waals surface area (Å²) in [4.78, 5) is 11.9. The van der Waals surface area contributed by atoms with Crippen LogP contribution in [0.2, 0.25) is 0 Å². The average molecular weight is 303 g/mol. The van der Waals surface area contributed by atoms with Crippen LogP contribution in [0.25, 0.3) is 0 Å². The van der Waals surface area contributed by atoms with Gasteiger partial charge in [-0.3, -0.25) is 4.79 Å². The summed E-state index contributed by atoms with van der Waals surface area (Å²) in [5.74, 6) is 0.515. The maximum Gasteiger partial charge on any atom is 0.258 e. The molecule has 0 aliphatic rings. The fraction of sp³-hybridized carbons (Fsp3) is 0.235. The molecule has 0 aliphatic heterocycles. The number of amides is 1. The third kappa shape index (κ3) is 4.22. The monoisotopic (exact) mass is 303 g/mol. The number of hydrogen-bond acceptors (Lipinski definition) is 3. The average Bonchev–Trinajstić information content (AvgIpc) is 2.53. The standard InChI is InChI=1S/C17H18FNO3/c1-12(13-7-9-14(18)10-8-13)19-17(20)11-22-16-6-4-3-5-15(16)21-2/h3-10,12H,11H2,1-2H3,(H,19,20). The first-order valence-corrected chi connectivity index (χ1v) is 6.91. The molecule has 0 spiro atoms. The van der Waals surface area contributed by atoms with E-state index in [1.807, 2.05) is 13.0 Å². The molecule has 0 bridgehead atoms. The van der Waals surface area contributed by atoms with Crippen molar-refractivity contribution >= 4 is 5.91 Å². The lowest BCUT2D eigenvalue weighted by Crippen LogP contribution is -2.31. The fourth-order valence-electron chi connectivity index (χ4n) is 2.00. The van der Waals surface area contributed by atoms with Gasteiger partial charge in [-0.1, -0.05) is 24.3 Å². The van der Waals surface area contributed by atoms with Crippen molar-refractivity contribution in [2.45, 2.75) is 13.0 Å². The largest absolute Gasteiger partial charge is 0.493 e. The van der Waals surface area contributed by atoms with Crippen molar-refractivity contribution in [2.24, 2.45) is 0 Å². The molecule has 116 valence electrons. The Balaban J connectivity index is 1.88. The number of benzene rings is 2. The van der Waals surface area contributed by atoms with Crippen LogP contribution in [-0.4, -0.2) is 19.6 Å². The van der Waals surface area contributed by atoms with E-state index in [1.54, 1.807) is 37.4 Å². The number of hydrogen-bond donors (Lipinski definition) is 1. The number of para-hydroxylation sites is 2. The molecule has 4 nitrogen and oxygen atoms in total. The number of carbonyl (C=O) groups is 1. The number of methoxy groups -OCH3 is 1. The first-order valence-electron chi connectivity index (χ1n) is 6.91. The highest BCUT2D eigenvalue weighted by Crippen LogP contribution is 2.25. The Bertz CT molecular complexity index is 628. The van der Waals surface area contributed by atoms with E-state index in [-0.39, 0.29) is 24.4 Å². The number of carbonyl (C=O) groups excluding carboxylic acids is 1.